The Labute approximate surface area is 117 Å². The normalized spacial score (nSPS) is 11.6. The third kappa shape index (κ3) is 3.83. The molecule has 0 radical (unpaired) electrons. The molecule has 0 amide bonds. The van der Waals surface area contributed by atoms with Crippen LogP contribution in [0, 0.1) is 13.8 Å². The molecule has 0 bridgehead atoms. The van der Waals surface area contributed by atoms with E-state index in [4.69, 9.17) is 5.11 Å². The van der Waals surface area contributed by atoms with Crippen molar-refractivity contribution >= 4 is 17.7 Å². The molecule has 0 aliphatic rings. The van der Waals surface area contributed by atoms with Crippen LogP contribution in [0.1, 0.15) is 30.8 Å². The summed E-state index contributed by atoms with van der Waals surface area (Å²) in [4.78, 5) is 26.8. The van der Waals surface area contributed by atoms with Crippen molar-refractivity contribution < 1.29 is 9.90 Å². The van der Waals surface area contributed by atoms with Gasteiger partial charge in [-0.25, -0.2) is 4.79 Å². The van der Waals surface area contributed by atoms with E-state index in [1.54, 1.807) is 30.2 Å². The molecule has 1 heterocycles. The van der Waals surface area contributed by atoms with Crippen LogP contribution in [0.2, 0.25) is 0 Å². The number of aliphatic carboxylic acids is 1. The van der Waals surface area contributed by atoms with Crippen LogP contribution in [-0.4, -0.2) is 31.6 Å². The molecule has 0 aromatic carbocycles. The fourth-order valence-corrected chi connectivity index (χ4v) is 2.14. The number of aryl methyl sites for hydroxylation is 1. The van der Waals surface area contributed by atoms with Crippen molar-refractivity contribution in [1.82, 2.24) is 9.55 Å². The Bertz CT molecular complexity index is 550. The Morgan fingerprint density at radius 1 is 1.42 bits per heavy atom. The number of hydrogen-bond donors (Lipinski definition) is 1. The summed E-state index contributed by atoms with van der Waals surface area (Å²) in [5.41, 5.74) is 1.51. The average molecular weight is 284 g/mol. The number of aromatic nitrogens is 2. The molecule has 0 unspecified atom stereocenters. The van der Waals surface area contributed by atoms with Crippen LogP contribution in [0.15, 0.2) is 4.79 Å². The van der Waals surface area contributed by atoms with E-state index in [-0.39, 0.29) is 16.9 Å². The minimum Gasteiger partial charge on any atom is -0.481 e. The van der Waals surface area contributed by atoms with Gasteiger partial charge in [0.05, 0.1) is 6.42 Å². The van der Waals surface area contributed by atoms with Crippen molar-refractivity contribution in [3.8, 4) is 0 Å². The number of thioether (sulfide) groups is 1. The lowest BCUT2D eigenvalue weighted by Gasteiger charge is -2.25. The van der Waals surface area contributed by atoms with E-state index >= 15 is 0 Å². The molecule has 0 saturated heterocycles. The zero-order valence-corrected chi connectivity index (χ0v) is 12.8. The molecule has 1 N–H and O–H groups in total. The van der Waals surface area contributed by atoms with E-state index in [9.17, 15) is 9.59 Å². The van der Waals surface area contributed by atoms with Crippen molar-refractivity contribution in [3.05, 3.63) is 27.4 Å². The molecule has 6 heteroatoms. The van der Waals surface area contributed by atoms with Gasteiger partial charge < -0.3 is 5.11 Å². The Morgan fingerprint density at radius 3 is 2.47 bits per heavy atom. The summed E-state index contributed by atoms with van der Waals surface area (Å²) in [6.07, 6.45) is 1.88. The molecule has 1 rings (SSSR count). The van der Waals surface area contributed by atoms with E-state index in [0.717, 1.165) is 0 Å². The second kappa shape index (κ2) is 5.77. The first kappa shape index (κ1) is 15.8. The molecule has 0 aliphatic heterocycles. The molecule has 19 heavy (non-hydrogen) atoms. The molecule has 0 atom stereocenters. The maximum absolute atomic E-state index is 12.0. The Balaban J connectivity index is 3.33. The van der Waals surface area contributed by atoms with Crippen LogP contribution in [-0.2, 0) is 17.8 Å². The monoisotopic (exact) mass is 284 g/mol. The van der Waals surface area contributed by atoms with E-state index < -0.39 is 5.97 Å². The molecule has 0 fully saturated rings. The van der Waals surface area contributed by atoms with Crippen molar-refractivity contribution in [3.63, 3.8) is 0 Å². The standard InChI is InChI=1S/C13H20N2O3S/c1-8-10(6-11(16)17)9(2)15(12(18)14-8)7-13(3,4)19-5/h6-7H2,1-5H3,(H,16,17). The van der Waals surface area contributed by atoms with E-state index in [1.807, 2.05) is 20.1 Å². The van der Waals surface area contributed by atoms with Gasteiger partial charge in [0.15, 0.2) is 0 Å². The Kier molecular flexibility index (Phi) is 4.79. The number of carbonyl (C=O) groups is 1. The van der Waals surface area contributed by atoms with Crippen molar-refractivity contribution in [2.75, 3.05) is 6.26 Å². The van der Waals surface area contributed by atoms with E-state index in [2.05, 4.69) is 4.98 Å². The zero-order chi connectivity index (χ0) is 14.8. The Morgan fingerprint density at radius 2 is 2.00 bits per heavy atom. The number of hydrogen-bond acceptors (Lipinski definition) is 4. The van der Waals surface area contributed by atoms with Crippen LogP contribution in [0.25, 0.3) is 0 Å². The molecule has 106 valence electrons. The molecular weight excluding hydrogens is 264 g/mol. The highest BCUT2D eigenvalue weighted by Crippen LogP contribution is 2.24. The van der Waals surface area contributed by atoms with Crippen molar-refractivity contribution in [1.29, 1.82) is 0 Å². The largest absolute Gasteiger partial charge is 0.481 e. The van der Waals surface area contributed by atoms with Crippen LogP contribution in [0.3, 0.4) is 0 Å². The summed E-state index contributed by atoms with van der Waals surface area (Å²) in [7, 11) is 0. The summed E-state index contributed by atoms with van der Waals surface area (Å²) >= 11 is 1.66. The highest BCUT2D eigenvalue weighted by molar-refractivity contribution is 7.99. The molecule has 1 aromatic rings. The lowest BCUT2D eigenvalue weighted by molar-refractivity contribution is -0.136. The number of carboxylic acid groups (broad SMARTS) is 1. The van der Waals surface area contributed by atoms with Gasteiger partial charge in [-0.2, -0.15) is 16.7 Å². The average Bonchev–Trinajstić information content (AvgIpc) is 2.30. The summed E-state index contributed by atoms with van der Waals surface area (Å²) in [5, 5.41) is 8.94. The molecular formula is C13H20N2O3S. The summed E-state index contributed by atoms with van der Waals surface area (Å²) in [5.74, 6) is -0.915. The fraction of sp³-hybridized carbons (Fsp3) is 0.615. The number of nitrogens with zero attached hydrogens (tertiary/aromatic N) is 2. The smallest absolute Gasteiger partial charge is 0.348 e. The third-order valence-electron chi connectivity index (χ3n) is 3.19. The van der Waals surface area contributed by atoms with E-state index in [0.29, 0.717) is 23.5 Å². The Hall–Kier alpha value is -1.30. The second-order valence-corrected chi connectivity index (χ2v) is 6.68. The van der Waals surface area contributed by atoms with Crippen molar-refractivity contribution in [2.45, 2.75) is 45.4 Å². The van der Waals surface area contributed by atoms with Gasteiger partial charge >= 0.3 is 11.7 Å². The van der Waals surface area contributed by atoms with Crippen molar-refractivity contribution in [2.24, 2.45) is 0 Å². The van der Waals surface area contributed by atoms with Gasteiger partial charge in [-0.05, 0) is 34.0 Å². The van der Waals surface area contributed by atoms with Gasteiger partial charge in [-0.3, -0.25) is 9.36 Å². The van der Waals surface area contributed by atoms with Gasteiger partial charge in [0.2, 0.25) is 0 Å². The van der Waals surface area contributed by atoms with Gasteiger partial charge in [-0.15, -0.1) is 0 Å². The third-order valence-corrected chi connectivity index (χ3v) is 4.43. The fourth-order valence-electron chi connectivity index (χ4n) is 1.88. The first-order valence-electron chi connectivity index (χ1n) is 6.02. The maximum Gasteiger partial charge on any atom is 0.348 e. The van der Waals surface area contributed by atoms with Gasteiger partial charge in [0.1, 0.15) is 0 Å². The highest BCUT2D eigenvalue weighted by Gasteiger charge is 2.21. The first-order valence-corrected chi connectivity index (χ1v) is 7.24. The van der Waals surface area contributed by atoms with Crippen LogP contribution >= 0.6 is 11.8 Å². The number of carboxylic acids is 1. The minimum atomic E-state index is -0.915. The lowest BCUT2D eigenvalue weighted by Crippen LogP contribution is -2.35. The van der Waals surface area contributed by atoms with Crippen LogP contribution < -0.4 is 5.69 Å². The second-order valence-electron chi connectivity index (χ2n) is 5.16. The predicted octanol–water partition coefficient (Wildman–Crippen LogP) is 1.63. The summed E-state index contributed by atoms with van der Waals surface area (Å²) in [6, 6.07) is 0. The summed E-state index contributed by atoms with van der Waals surface area (Å²) in [6.45, 7) is 8.06. The predicted molar refractivity (Wildman–Crippen MR) is 76.9 cm³/mol. The zero-order valence-electron chi connectivity index (χ0n) is 12.0. The topological polar surface area (TPSA) is 72.2 Å². The van der Waals surface area contributed by atoms with Crippen LogP contribution in [0.4, 0.5) is 0 Å². The highest BCUT2D eigenvalue weighted by atomic mass is 32.2. The number of rotatable bonds is 5. The molecule has 0 aliphatic carbocycles. The molecule has 1 aromatic heterocycles. The summed E-state index contributed by atoms with van der Waals surface area (Å²) < 4.78 is 1.47. The molecule has 0 spiro atoms. The minimum absolute atomic E-state index is 0.105. The molecule has 5 nitrogen and oxygen atoms in total. The maximum atomic E-state index is 12.0. The first-order chi connectivity index (χ1) is 8.68. The van der Waals surface area contributed by atoms with Gasteiger partial charge in [-0.1, -0.05) is 0 Å². The quantitative estimate of drug-likeness (QED) is 0.889. The van der Waals surface area contributed by atoms with E-state index in [1.165, 1.54) is 0 Å². The van der Waals surface area contributed by atoms with Gasteiger partial charge in [0, 0.05) is 28.2 Å². The SMILES string of the molecule is CSC(C)(C)Cn1c(C)c(CC(=O)O)c(C)nc1=O. The molecule has 0 saturated carbocycles. The van der Waals surface area contributed by atoms with Crippen LogP contribution in [0.5, 0.6) is 0 Å². The lowest BCUT2D eigenvalue weighted by atomic mass is 10.1. The van der Waals surface area contributed by atoms with Gasteiger partial charge in [0.25, 0.3) is 0 Å².